The first kappa shape index (κ1) is 24.3. The monoisotopic (exact) mass is 494 g/mol. The second-order valence-corrected chi connectivity index (χ2v) is 9.12. The summed E-state index contributed by atoms with van der Waals surface area (Å²) in [7, 11) is 7.67. The molecule has 0 aliphatic heterocycles. The van der Waals surface area contributed by atoms with Crippen molar-refractivity contribution >= 4 is 34.3 Å². The number of likely N-dealkylation sites (N-methyl/N-ethyl adjacent to an activating group) is 2. The van der Waals surface area contributed by atoms with Crippen LogP contribution in [0.1, 0.15) is 0 Å². The van der Waals surface area contributed by atoms with Crippen LogP contribution >= 0.6 is 11.3 Å². The number of hydrogen-bond donors (Lipinski definition) is 2. The minimum absolute atomic E-state index is 0.297. The van der Waals surface area contributed by atoms with Crippen LogP contribution < -0.4 is 20.7 Å². The zero-order chi connectivity index (χ0) is 24.9. The minimum Gasteiger partial charge on any atom is -0.494 e. The Morgan fingerprint density at radius 3 is 2.49 bits per heavy atom. The normalized spacial score (nSPS) is 11.0. The first-order chi connectivity index (χ1) is 16.8. The number of nitrogen functional groups attached to an aromatic ring is 1. The molecule has 4 rings (SSSR count). The van der Waals surface area contributed by atoms with Crippen molar-refractivity contribution in [3.63, 3.8) is 0 Å². The summed E-state index contributed by atoms with van der Waals surface area (Å²) in [5, 5.41) is 13.0. The van der Waals surface area contributed by atoms with E-state index in [-0.39, 0.29) is 5.82 Å². The van der Waals surface area contributed by atoms with Gasteiger partial charge in [-0.05, 0) is 50.5 Å². The van der Waals surface area contributed by atoms with Gasteiger partial charge in [0.1, 0.15) is 22.3 Å². The summed E-state index contributed by atoms with van der Waals surface area (Å²) in [6, 6.07) is 11.6. The number of anilines is 4. The molecule has 0 saturated heterocycles. The number of hydrogen-bond acceptors (Lipinski definition) is 10. The van der Waals surface area contributed by atoms with Crippen LogP contribution in [0.5, 0.6) is 5.75 Å². The molecule has 0 aliphatic carbocycles. The van der Waals surface area contributed by atoms with Gasteiger partial charge in [-0.2, -0.15) is 0 Å². The lowest BCUT2D eigenvalue weighted by molar-refractivity contribution is 0.413. The molecule has 0 unspecified atom stereocenters. The highest BCUT2D eigenvalue weighted by molar-refractivity contribution is 7.17. The number of halogens is 1. The van der Waals surface area contributed by atoms with Crippen molar-refractivity contribution in [1.29, 1.82) is 0 Å². The number of nitrogens with one attached hydrogen (secondary N) is 1. The molecule has 0 amide bonds. The summed E-state index contributed by atoms with van der Waals surface area (Å²) in [5.74, 6) is 0.691. The molecular weight excluding hydrogens is 467 g/mol. The molecule has 4 aromatic rings. The molecule has 0 saturated carbocycles. The number of nitrogens with two attached hydrogens (primary N) is 1. The van der Waals surface area contributed by atoms with Crippen molar-refractivity contribution in [2.24, 2.45) is 0 Å². The molecule has 35 heavy (non-hydrogen) atoms. The molecule has 11 heteroatoms. The topological polar surface area (TPSA) is 105 Å². The molecule has 9 nitrogen and oxygen atoms in total. The third kappa shape index (κ3) is 5.81. The Morgan fingerprint density at radius 2 is 1.77 bits per heavy atom. The van der Waals surface area contributed by atoms with E-state index in [1.807, 2.05) is 33.3 Å². The summed E-state index contributed by atoms with van der Waals surface area (Å²) in [6.07, 6.45) is 1.64. The van der Waals surface area contributed by atoms with Crippen LogP contribution in [0, 0.1) is 5.82 Å². The van der Waals surface area contributed by atoms with Gasteiger partial charge in [0.05, 0.1) is 24.2 Å². The van der Waals surface area contributed by atoms with Gasteiger partial charge in [0.2, 0.25) is 5.95 Å². The SMILES string of the molecule is COc1cc(N(C)CCN(C)C)c(N)cc1Nc1nccc(-c2nnc(-c3ccc(F)cc3)s2)n1. The molecule has 0 spiro atoms. The fourth-order valence-corrected chi connectivity index (χ4v) is 4.17. The molecule has 182 valence electrons. The zero-order valence-electron chi connectivity index (χ0n) is 20.0. The van der Waals surface area contributed by atoms with Crippen LogP contribution in [0.3, 0.4) is 0 Å². The minimum atomic E-state index is -0.297. The van der Waals surface area contributed by atoms with Gasteiger partial charge < -0.3 is 25.6 Å². The molecular formula is C24H27FN8OS. The van der Waals surface area contributed by atoms with Crippen LogP contribution in [0.25, 0.3) is 21.3 Å². The van der Waals surface area contributed by atoms with Crippen molar-refractivity contribution in [2.45, 2.75) is 0 Å². The maximum absolute atomic E-state index is 13.2. The van der Waals surface area contributed by atoms with Crippen LogP contribution in [-0.2, 0) is 0 Å². The van der Waals surface area contributed by atoms with Gasteiger partial charge in [-0.25, -0.2) is 14.4 Å². The number of aromatic nitrogens is 4. The summed E-state index contributed by atoms with van der Waals surface area (Å²) >= 11 is 1.37. The molecule has 2 aromatic carbocycles. The Morgan fingerprint density at radius 1 is 1.03 bits per heavy atom. The van der Waals surface area contributed by atoms with E-state index < -0.39 is 0 Å². The van der Waals surface area contributed by atoms with Crippen LogP contribution in [-0.4, -0.2) is 66.4 Å². The highest BCUT2D eigenvalue weighted by atomic mass is 32.1. The lowest BCUT2D eigenvalue weighted by Gasteiger charge is -2.24. The van der Waals surface area contributed by atoms with Gasteiger partial charge in [0.15, 0.2) is 5.01 Å². The molecule has 0 aliphatic rings. The van der Waals surface area contributed by atoms with Gasteiger partial charge in [0, 0.05) is 38.0 Å². The molecule has 2 aromatic heterocycles. The first-order valence-corrected chi connectivity index (χ1v) is 11.7. The Hall–Kier alpha value is -3.83. The Kier molecular flexibility index (Phi) is 7.37. The fraction of sp³-hybridized carbons (Fsp3) is 0.250. The van der Waals surface area contributed by atoms with Gasteiger partial charge in [-0.1, -0.05) is 11.3 Å². The predicted octanol–water partition coefficient (Wildman–Crippen LogP) is 4.13. The highest BCUT2D eigenvalue weighted by Gasteiger charge is 2.15. The number of methoxy groups -OCH3 is 1. The van der Waals surface area contributed by atoms with Crippen LogP contribution in [0.4, 0.5) is 27.4 Å². The van der Waals surface area contributed by atoms with Gasteiger partial charge >= 0.3 is 0 Å². The van der Waals surface area contributed by atoms with Crippen molar-refractivity contribution in [3.05, 3.63) is 54.5 Å². The summed E-state index contributed by atoms with van der Waals surface area (Å²) in [6.45, 7) is 1.72. The van der Waals surface area contributed by atoms with E-state index in [4.69, 9.17) is 10.5 Å². The van der Waals surface area contributed by atoms with E-state index in [9.17, 15) is 4.39 Å². The second-order valence-electron chi connectivity index (χ2n) is 8.15. The van der Waals surface area contributed by atoms with Gasteiger partial charge in [-0.3, -0.25) is 0 Å². The van der Waals surface area contributed by atoms with Gasteiger partial charge in [-0.15, -0.1) is 10.2 Å². The van der Waals surface area contributed by atoms with Crippen molar-refractivity contribution in [1.82, 2.24) is 25.1 Å². The second kappa shape index (κ2) is 10.6. The maximum atomic E-state index is 13.2. The van der Waals surface area contributed by atoms with E-state index in [1.54, 1.807) is 31.5 Å². The van der Waals surface area contributed by atoms with E-state index in [0.717, 1.165) is 24.3 Å². The maximum Gasteiger partial charge on any atom is 0.227 e. The van der Waals surface area contributed by atoms with E-state index in [1.165, 1.54) is 23.5 Å². The quantitative estimate of drug-likeness (QED) is 0.332. The third-order valence-electron chi connectivity index (χ3n) is 5.28. The van der Waals surface area contributed by atoms with Crippen molar-refractivity contribution < 1.29 is 9.13 Å². The Balaban J connectivity index is 1.56. The van der Waals surface area contributed by atoms with E-state index in [0.29, 0.717) is 38.8 Å². The lowest BCUT2D eigenvalue weighted by atomic mass is 10.2. The average Bonchev–Trinajstić information content (AvgIpc) is 3.34. The summed E-state index contributed by atoms with van der Waals surface area (Å²) in [4.78, 5) is 13.1. The number of benzene rings is 2. The van der Waals surface area contributed by atoms with Crippen molar-refractivity contribution in [2.75, 3.05) is 57.3 Å². The molecule has 2 heterocycles. The highest BCUT2D eigenvalue weighted by Crippen LogP contribution is 2.36. The van der Waals surface area contributed by atoms with E-state index >= 15 is 0 Å². The average molecular weight is 495 g/mol. The molecule has 0 radical (unpaired) electrons. The standard InChI is InChI=1S/C24H27FN8OS/c1-32(2)11-12-33(3)20-14-21(34-4)19(13-17(20)26)29-24-27-10-9-18(28-24)23-31-30-22(35-23)15-5-7-16(25)8-6-15/h5-10,13-14H,11-12,26H2,1-4H3,(H,27,28,29). The van der Waals surface area contributed by atoms with Crippen LogP contribution in [0.15, 0.2) is 48.7 Å². The summed E-state index contributed by atoms with van der Waals surface area (Å²) < 4.78 is 18.8. The number of ether oxygens (including phenoxy) is 1. The third-order valence-corrected chi connectivity index (χ3v) is 6.27. The smallest absolute Gasteiger partial charge is 0.227 e. The summed E-state index contributed by atoms with van der Waals surface area (Å²) in [5.41, 5.74) is 9.90. The largest absolute Gasteiger partial charge is 0.494 e. The fourth-order valence-electron chi connectivity index (χ4n) is 3.35. The number of rotatable bonds is 9. The predicted molar refractivity (Wildman–Crippen MR) is 139 cm³/mol. The Bertz CT molecular complexity index is 1300. The molecule has 0 atom stereocenters. The zero-order valence-corrected chi connectivity index (χ0v) is 20.8. The lowest BCUT2D eigenvalue weighted by Crippen LogP contribution is -2.29. The first-order valence-electron chi connectivity index (χ1n) is 10.9. The molecule has 0 bridgehead atoms. The van der Waals surface area contributed by atoms with Gasteiger partial charge in [0.25, 0.3) is 0 Å². The number of nitrogens with zero attached hydrogens (tertiary/aromatic N) is 6. The Labute approximate surface area is 207 Å². The molecule has 3 N–H and O–H groups in total. The molecule has 0 fully saturated rings. The van der Waals surface area contributed by atoms with E-state index in [2.05, 4.69) is 35.3 Å². The van der Waals surface area contributed by atoms with Crippen LogP contribution in [0.2, 0.25) is 0 Å². The van der Waals surface area contributed by atoms with Crippen molar-refractivity contribution in [3.8, 4) is 27.0 Å².